The number of carboxylic acids is 2. The van der Waals surface area contributed by atoms with Crippen LogP contribution < -0.4 is 0 Å². The first kappa shape index (κ1) is 19.9. The summed E-state index contributed by atoms with van der Waals surface area (Å²) >= 11 is 0. The van der Waals surface area contributed by atoms with Gasteiger partial charge in [-0.2, -0.15) is 8.42 Å². The minimum atomic E-state index is -4.64. The first-order valence-corrected chi connectivity index (χ1v) is 5.25. The SMILES string of the molecule is O=C(O)c1cc(C(=O)O)cc(S(=O)(=O)O)c1.[AlH3].[NaH]. The molecule has 0 heterocycles. The Kier molecular flexibility index (Phi) is 8.03. The van der Waals surface area contributed by atoms with Crippen LogP contribution in [0.15, 0.2) is 23.1 Å². The van der Waals surface area contributed by atoms with Gasteiger partial charge in [-0.05, 0) is 18.2 Å². The fourth-order valence-electron chi connectivity index (χ4n) is 0.995. The van der Waals surface area contributed by atoms with E-state index in [2.05, 4.69) is 0 Å². The molecule has 1 aromatic carbocycles. The second-order valence-corrected chi connectivity index (χ2v) is 4.25. The quantitative estimate of drug-likeness (QED) is 0.457. The summed E-state index contributed by atoms with van der Waals surface area (Å²) in [4.78, 5) is 20.4. The normalized spacial score (nSPS) is 9.83. The number of benzene rings is 1. The molecule has 10 heteroatoms. The second-order valence-electron chi connectivity index (χ2n) is 2.83. The molecule has 0 aliphatic heterocycles. The van der Waals surface area contributed by atoms with Crippen LogP contribution >= 0.6 is 0 Å². The summed E-state index contributed by atoms with van der Waals surface area (Å²) in [7, 11) is -4.64. The van der Waals surface area contributed by atoms with Crippen molar-refractivity contribution in [1.82, 2.24) is 0 Å². The van der Waals surface area contributed by atoms with E-state index in [1.807, 2.05) is 0 Å². The van der Waals surface area contributed by atoms with Crippen molar-refractivity contribution in [3.05, 3.63) is 29.3 Å². The van der Waals surface area contributed by atoms with Gasteiger partial charge in [0.15, 0.2) is 17.4 Å². The van der Waals surface area contributed by atoms with E-state index in [-0.39, 0.29) is 46.9 Å². The molecule has 0 amide bonds. The van der Waals surface area contributed by atoms with Crippen molar-refractivity contribution >= 4 is 69.0 Å². The number of hydrogen-bond acceptors (Lipinski definition) is 4. The Hall–Kier alpha value is -0.398. The molecule has 1 aromatic rings. The van der Waals surface area contributed by atoms with Crippen molar-refractivity contribution in [2.24, 2.45) is 0 Å². The number of aromatic carboxylic acids is 2. The number of carbonyl (C=O) groups is 2. The molecule has 0 radical (unpaired) electrons. The maximum absolute atomic E-state index is 10.8. The van der Waals surface area contributed by atoms with E-state index in [1.54, 1.807) is 0 Å². The van der Waals surface area contributed by atoms with Crippen molar-refractivity contribution in [1.29, 1.82) is 0 Å². The molecule has 18 heavy (non-hydrogen) atoms. The Balaban J connectivity index is 0. The zero-order chi connectivity index (χ0) is 12.5. The van der Waals surface area contributed by atoms with Crippen molar-refractivity contribution in [2.45, 2.75) is 4.90 Å². The molecule has 0 aromatic heterocycles. The van der Waals surface area contributed by atoms with Crippen LogP contribution in [0.1, 0.15) is 20.7 Å². The molecule has 7 nitrogen and oxygen atoms in total. The van der Waals surface area contributed by atoms with Gasteiger partial charge in [0, 0.05) is 0 Å². The maximum atomic E-state index is 10.8. The van der Waals surface area contributed by atoms with Gasteiger partial charge in [-0.25, -0.2) is 9.59 Å². The van der Waals surface area contributed by atoms with Crippen molar-refractivity contribution in [3.8, 4) is 0 Å². The molecule has 0 atom stereocenters. The number of carboxylic acid groups (broad SMARTS) is 2. The Morgan fingerprint density at radius 1 is 0.944 bits per heavy atom. The monoisotopic (exact) mass is 300 g/mol. The third kappa shape index (κ3) is 5.08. The van der Waals surface area contributed by atoms with Crippen molar-refractivity contribution in [3.63, 3.8) is 0 Å². The van der Waals surface area contributed by atoms with Gasteiger partial charge >= 0.3 is 41.5 Å². The average Bonchev–Trinajstić information content (AvgIpc) is 2.15. The molecule has 1 rings (SSSR count). The Bertz CT molecular complexity index is 537. The van der Waals surface area contributed by atoms with Crippen LogP contribution in [0, 0.1) is 0 Å². The third-order valence-electron chi connectivity index (χ3n) is 1.70. The van der Waals surface area contributed by atoms with E-state index in [4.69, 9.17) is 14.8 Å². The Labute approximate surface area is 135 Å². The summed E-state index contributed by atoms with van der Waals surface area (Å²) < 4.78 is 30.2. The topological polar surface area (TPSA) is 129 Å². The molecule has 0 fully saturated rings. The fraction of sp³-hybridized carbons (Fsp3) is 0. The Morgan fingerprint density at radius 2 is 1.28 bits per heavy atom. The van der Waals surface area contributed by atoms with Crippen LogP contribution in [0.4, 0.5) is 0 Å². The summed E-state index contributed by atoms with van der Waals surface area (Å²) in [5, 5.41) is 17.2. The van der Waals surface area contributed by atoms with Gasteiger partial charge in [-0.3, -0.25) is 4.55 Å². The molecular formula is C8H10AlNaO7S. The summed E-state index contributed by atoms with van der Waals surface area (Å²) in [6.07, 6.45) is 0. The van der Waals surface area contributed by atoms with Crippen LogP contribution in [0.3, 0.4) is 0 Å². The van der Waals surface area contributed by atoms with E-state index in [0.717, 1.165) is 6.07 Å². The molecule has 0 unspecified atom stereocenters. The van der Waals surface area contributed by atoms with E-state index >= 15 is 0 Å². The van der Waals surface area contributed by atoms with Gasteiger partial charge < -0.3 is 10.2 Å². The summed E-state index contributed by atoms with van der Waals surface area (Å²) in [6.45, 7) is 0. The third-order valence-corrected chi connectivity index (χ3v) is 2.53. The van der Waals surface area contributed by atoms with E-state index < -0.39 is 38.1 Å². The molecule has 0 aliphatic carbocycles. The zero-order valence-electron chi connectivity index (χ0n) is 7.61. The first-order valence-electron chi connectivity index (χ1n) is 3.81. The van der Waals surface area contributed by atoms with E-state index in [1.165, 1.54) is 0 Å². The van der Waals surface area contributed by atoms with Gasteiger partial charge in [0.1, 0.15) is 0 Å². The van der Waals surface area contributed by atoms with Gasteiger partial charge in [0.05, 0.1) is 16.0 Å². The van der Waals surface area contributed by atoms with Gasteiger partial charge in [0.2, 0.25) is 0 Å². The number of rotatable bonds is 3. The predicted octanol–water partition coefficient (Wildman–Crippen LogP) is -1.50. The fourth-order valence-corrected chi connectivity index (χ4v) is 1.55. The van der Waals surface area contributed by atoms with E-state index in [0.29, 0.717) is 12.1 Å². The molecule has 3 N–H and O–H groups in total. The standard InChI is InChI=1S/C8H6O7S.Al.Na.4H/c9-7(10)4-1-5(8(11)12)3-6(2-4)16(13,14)15;;;;;;/h1-3H,(H,9,10)(H,11,12)(H,13,14,15);;;;;;. The van der Waals surface area contributed by atoms with Gasteiger partial charge in [-0.15, -0.1) is 0 Å². The van der Waals surface area contributed by atoms with Crippen molar-refractivity contribution < 1.29 is 32.8 Å². The first-order chi connectivity index (χ1) is 7.21. The zero-order valence-corrected chi connectivity index (χ0v) is 8.43. The summed E-state index contributed by atoms with van der Waals surface area (Å²) in [5.41, 5.74) is -1.07. The summed E-state index contributed by atoms with van der Waals surface area (Å²) in [6, 6.07) is 2.13. The van der Waals surface area contributed by atoms with E-state index in [9.17, 15) is 18.0 Å². The average molecular weight is 300 g/mol. The predicted molar refractivity (Wildman–Crippen MR) is 67.3 cm³/mol. The second kappa shape index (κ2) is 7.26. The molecule has 0 aliphatic rings. The van der Waals surface area contributed by atoms with Crippen LogP contribution in [-0.4, -0.2) is 82.0 Å². The molecule has 0 saturated carbocycles. The van der Waals surface area contributed by atoms with Crippen LogP contribution in [0.2, 0.25) is 0 Å². The van der Waals surface area contributed by atoms with Crippen LogP contribution in [0.25, 0.3) is 0 Å². The van der Waals surface area contributed by atoms with Crippen molar-refractivity contribution in [2.75, 3.05) is 0 Å². The summed E-state index contributed by atoms with van der Waals surface area (Å²) in [5.74, 6) is -2.99. The van der Waals surface area contributed by atoms with Crippen LogP contribution in [-0.2, 0) is 10.1 Å². The van der Waals surface area contributed by atoms with Crippen LogP contribution in [0.5, 0.6) is 0 Å². The Morgan fingerprint density at radius 3 is 1.50 bits per heavy atom. The number of hydrogen-bond donors (Lipinski definition) is 3. The molecule has 94 valence electrons. The molecule has 0 saturated heterocycles. The molecule has 0 spiro atoms. The van der Waals surface area contributed by atoms with Gasteiger partial charge in [0.25, 0.3) is 10.1 Å². The molecule has 0 bridgehead atoms. The molecular weight excluding hydrogens is 290 g/mol. The van der Waals surface area contributed by atoms with Gasteiger partial charge in [-0.1, -0.05) is 0 Å². The minimum absolute atomic E-state index is 0.